The first-order valence-corrected chi connectivity index (χ1v) is 7.35. The molecule has 1 spiro atoms. The SMILES string of the molecule is NC1CCC(OCCCN2CC3(CC3)C2)CC1. The lowest BCUT2D eigenvalue weighted by Gasteiger charge is -2.40. The summed E-state index contributed by atoms with van der Waals surface area (Å²) in [6, 6.07) is 0.436. The van der Waals surface area contributed by atoms with Crippen molar-refractivity contribution in [3.63, 3.8) is 0 Å². The Labute approximate surface area is 105 Å². The fraction of sp³-hybridized carbons (Fsp3) is 1.00. The van der Waals surface area contributed by atoms with Gasteiger partial charge in [-0.1, -0.05) is 0 Å². The summed E-state index contributed by atoms with van der Waals surface area (Å²) in [6.45, 7) is 4.92. The van der Waals surface area contributed by atoms with E-state index in [4.69, 9.17) is 10.5 Å². The molecule has 2 aliphatic carbocycles. The van der Waals surface area contributed by atoms with E-state index in [0.717, 1.165) is 24.9 Å². The molecule has 3 nitrogen and oxygen atoms in total. The molecule has 0 aromatic heterocycles. The second kappa shape index (κ2) is 4.87. The molecule has 0 bridgehead atoms. The van der Waals surface area contributed by atoms with Crippen LogP contribution in [0.2, 0.25) is 0 Å². The van der Waals surface area contributed by atoms with Crippen molar-refractivity contribution >= 4 is 0 Å². The molecule has 1 saturated heterocycles. The quantitative estimate of drug-likeness (QED) is 0.742. The molecule has 0 radical (unpaired) electrons. The Balaban J connectivity index is 1.21. The highest BCUT2D eigenvalue weighted by atomic mass is 16.5. The molecule has 0 aromatic rings. The molecule has 98 valence electrons. The van der Waals surface area contributed by atoms with Crippen molar-refractivity contribution in [1.82, 2.24) is 4.90 Å². The molecule has 1 aliphatic heterocycles. The molecule has 2 N–H and O–H groups in total. The highest BCUT2D eigenvalue weighted by Gasteiger charge is 2.51. The molecule has 0 aromatic carbocycles. The van der Waals surface area contributed by atoms with Gasteiger partial charge in [0, 0.05) is 32.3 Å². The predicted molar refractivity (Wildman–Crippen MR) is 68.9 cm³/mol. The number of hydrogen-bond acceptors (Lipinski definition) is 3. The van der Waals surface area contributed by atoms with Gasteiger partial charge >= 0.3 is 0 Å². The van der Waals surface area contributed by atoms with Gasteiger partial charge in [0.25, 0.3) is 0 Å². The summed E-state index contributed by atoms with van der Waals surface area (Å²) in [5.41, 5.74) is 6.69. The van der Waals surface area contributed by atoms with Crippen LogP contribution in [0.15, 0.2) is 0 Å². The van der Waals surface area contributed by atoms with E-state index < -0.39 is 0 Å². The molecule has 17 heavy (non-hydrogen) atoms. The van der Waals surface area contributed by atoms with E-state index in [1.165, 1.54) is 51.7 Å². The minimum atomic E-state index is 0.436. The molecule has 0 atom stereocenters. The van der Waals surface area contributed by atoms with Crippen LogP contribution in [0.25, 0.3) is 0 Å². The highest BCUT2D eigenvalue weighted by molar-refractivity contribution is 5.04. The zero-order chi connectivity index (χ0) is 11.7. The third kappa shape index (κ3) is 3.01. The van der Waals surface area contributed by atoms with Crippen LogP contribution in [0, 0.1) is 5.41 Å². The summed E-state index contributed by atoms with van der Waals surface area (Å²) in [4.78, 5) is 2.59. The van der Waals surface area contributed by atoms with Gasteiger partial charge in [0.2, 0.25) is 0 Å². The van der Waals surface area contributed by atoms with E-state index in [1.807, 2.05) is 0 Å². The van der Waals surface area contributed by atoms with Gasteiger partial charge in [0.15, 0.2) is 0 Å². The van der Waals surface area contributed by atoms with Gasteiger partial charge in [0.05, 0.1) is 6.10 Å². The number of nitrogens with two attached hydrogens (primary N) is 1. The lowest BCUT2D eigenvalue weighted by molar-refractivity contribution is 0.0109. The van der Waals surface area contributed by atoms with Crippen LogP contribution in [0.1, 0.15) is 44.9 Å². The summed E-state index contributed by atoms with van der Waals surface area (Å²) in [7, 11) is 0. The topological polar surface area (TPSA) is 38.5 Å². The fourth-order valence-electron chi connectivity index (χ4n) is 3.35. The number of hydrogen-bond donors (Lipinski definition) is 1. The maximum Gasteiger partial charge on any atom is 0.0576 e. The van der Waals surface area contributed by atoms with Crippen molar-refractivity contribution in [3.05, 3.63) is 0 Å². The van der Waals surface area contributed by atoms with E-state index in [0.29, 0.717) is 12.1 Å². The summed E-state index contributed by atoms with van der Waals surface area (Å²) >= 11 is 0. The predicted octanol–water partition coefficient (Wildman–Crippen LogP) is 1.76. The van der Waals surface area contributed by atoms with E-state index in [9.17, 15) is 0 Å². The van der Waals surface area contributed by atoms with Crippen LogP contribution in [0.4, 0.5) is 0 Å². The molecule has 3 aliphatic rings. The molecule has 3 heteroatoms. The lowest BCUT2D eigenvalue weighted by Crippen LogP contribution is -2.48. The Morgan fingerprint density at radius 1 is 1.12 bits per heavy atom. The van der Waals surface area contributed by atoms with Crippen LogP contribution in [-0.2, 0) is 4.74 Å². The fourth-order valence-corrected chi connectivity index (χ4v) is 3.35. The Morgan fingerprint density at radius 3 is 2.47 bits per heavy atom. The third-order valence-electron chi connectivity index (χ3n) is 4.77. The molecular formula is C14H26N2O. The Morgan fingerprint density at radius 2 is 1.82 bits per heavy atom. The monoisotopic (exact) mass is 238 g/mol. The first-order chi connectivity index (χ1) is 8.26. The second-order valence-corrected chi connectivity index (χ2v) is 6.47. The zero-order valence-electron chi connectivity index (χ0n) is 10.9. The van der Waals surface area contributed by atoms with Gasteiger partial charge in [-0.15, -0.1) is 0 Å². The first kappa shape index (κ1) is 11.9. The van der Waals surface area contributed by atoms with E-state index in [1.54, 1.807) is 0 Å². The van der Waals surface area contributed by atoms with Crippen molar-refractivity contribution in [2.45, 2.75) is 57.1 Å². The smallest absolute Gasteiger partial charge is 0.0576 e. The Kier molecular flexibility index (Phi) is 3.42. The number of nitrogens with zero attached hydrogens (tertiary/aromatic N) is 1. The van der Waals surface area contributed by atoms with Gasteiger partial charge in [-0.25, -0.2) is 0 Å². The number of rotatable bonds is 5. The third-order valence-corrected chi connectivity index (χ3v) is 4.77. The van der Waals surface area contributed by atoms with Gasteiger partial charge < -0.3 is 15.4 Å². The average Bonchev–Trinajstić information content (AvgIpc) is 3.06. The van der Waals surface area contributed by atoms with Crippen LogP contribution in [0.3, 0.4) is 0 Å². The summed E-state index contributed by atoms with van der Waals surface area (Å²) in [5, 5.41) is 0. The molecule has 1 heterocycles. The van der Waals surface area contributed by atoms with Crippen molar-refractivity contribution < 1.29 is 4.74 Å². The van der Waals surface area contributed by atoms with Crippen LogP contribution in [-0.4, -0.2) is 43.3 Å². The molecular weight excluding hydrogens is 212 g/mol. The van der Waals surface area contributed by atoms with E-state index in [2.05, 4.69) is 4.90 Å². The minimum absolute atomic E-state index is 0.436. The second-order valence-electron chi connectivity index (χ2n) is 6.47. The molecule has 3 rings (SSSR count). The van der Waals surface area contributed by atoms with Crippen LogP contribution < -0.4 is 5.73 Å². The summed E-state index contributed by atoms with van der Waals surface area (Å²) < 4.78 is 5.94. The summed E-state index contributed by atoms with van der Waals surface area (Å²) in [5.74, 6) is 0. The molecule has 2 saturated carbocycles. The van der Waals surface area contributed by atoms with E-state index >= 15 is 0 Å². The van der Waals surface area contributed by atoms with Gasteiger partial charge in [-0.2, -0.15) is 0 Å². The average molecular weight is 238 g/mol. The largest absolute Gasteiger partial charge is 0.378 e. The first-order valence-electron chi connectivity index (χ1n) is 7.35. The highest BCUT2D eigenvalue weighted by Crippen LogP contribution is 2.52. The van der Waals surface area contributed by atoms with Gasteiger partial charge in [-0.3, -0.25) is 0 Å². The van der Waals surface area contributed by atoms with Crippen molar-refractivity contribution in [1.29, 1.82) is 0 Å². The van der Waals surface area contributed by atoms with Gasteiger partial charge in [-0.05, 0) is 50.4 Å². The maximum atomic E-state index is 5.94. The van der Waals surface area contributed by atoms with Gasteiger partial charge in [0.1, 0.15) is 0 Å². The Hall–Kier alpha value is -0.120. The lowest BCUT2D eigenvalue weighted by atomic mass is 9.94. The molecule has 0 unspecified atom stereocenters. The maximum absolute atomic E-state index is 5.94. The van der Waals surface area contributed by atoms with Crippen LogP contribution in [0.5, 0.6) is 0 Å². The standard InChI is InChI=1S/C14H26N2O/c15-12-2-4-13(5-3-12)17-9-1-8-16-10-14(11-16)6-7-14/h12-13H,1-11,15H2. The molecule has 3 fully saturated rings. The van der Waals surface area contributed by atoms with Crippen LogP contribution >= 0.6 is 0 Å². The van der Waals surface area contributed by atoms with Crippen molar-refractivity contribution in [2.75, 3.05) is 26.2 Å². The van der Waals surface area contributed by atoms with E-state index in [-0.39, 0.29) is 0 Å². The summed E-state index contributed by atoms with van der Waals surface area (Å²) in [6.07, 6.45) is 9.34. The Bertz CT molecular complexity index is 249. The normalized spacial score (nSPS) is 35.8. The van der Waals surface area contributed by atoms with Crippen molar-refractivity contribution in [3.8, 4) is 0 Å². The molecule has 0 amide bonds. The number of ether oxygens (including phenoxy) is 1. The van der Waals surface area contributed by atoms with Crippen molar-refractivity contribution in [2.24, 2.45) is 11.1 Å². The number of likely N-dealkylation sites (tertiary alicyclic amines) is 1. The minimum Gasteiger partial charge on any atom is -0.378 e. The zero-order valence-corrected chi connectivity index (χ0v) is 10.9.